The van der Waals surface area contributed by atoms with E-state index >= 15 is 0 Å². The lowest BCUT2D eigenvalue weighted by Crippen LogP contribution is -2.45. The van der Waals surface area contributed by atoms with Crippen molar-refractivity contribution in [1.82, 2.24) is 10.2 Å². The van der Waals surface area contributed by atoms with Crippen LogP contribution in [0.5, 0.6) is 0 Å². The lowest BCUT2D eigenvalue weighted by atomic mass is 9.85. The molecule has 0 spiro atoms. The maximum atomic E-state index is 12.9. The van der Waals surface area contributed by atoms with E-state index in [0.717, 1.165) is 13.0 Å². The number of carbonyl (C=O) groups is 1. The first kappa shape index (κ1) is 18.5. The fourth-order valence-electron chi connectivity index (χ4n) is 3.48. The number of hydrogen-bond donors (Lipinski definition) is 1. The third kappa shape index (κ3) is 4.21. The van der Waals surface area contributed by atoms with Gasteiger partial charge in [0, 0.05) is 6.54 Å². The molecule has 3 nitrogen and oxygen atoms in total. The first-order valence-corrected chi connectivity index (χ1v) is 8.77. The Balaban J connectivity index is 2.93. The summed E-state index contributed by atoms with van der Waals surface area (Å²) in [7, 11) is 0. The number of rotatable bonds is 7. The molecule has 1 rings (SSSR count). The van der Waals surface area contributed by atoms with Gasteiger partial charge in [0.05, 0.1) is 12.2 Å². The molecule has 1 heterocycles. The van der Waals surface area contributed by atoms with Crippen molar-refractivity contribution < 1.29 is 4.79 Å². The number of hydrogen-bond acceptors (Lipinski definition) is 2. The van der Waals surface area contributed by atoms with Crippen LogP contribution in [0.3, 0.4) is 0 Å². The molecule has 0 aromatic heterocycles. The van der Waals surface area contributed by atoms with Crippen molar-refractivity contribution in [3.8, 4) is 0 Å². The molecule has 1 fully saturated rings. The van der Waals surface area contributed by atoms with Gasteiger partial charge < -0.3 is 4.90 Å². The smallest absolute Gasteiger partial charge is 0.241 e. The fraction of sp³-hybridized carbons (Fsp3) is 0.944. The van der Waals surface area contributed by atoms with Crippen LogP contribution in [0, 0.1) is 29.6 Å². The van der Waals surface area contributed by atoms with E-state index in [0.29, 0.717) is 35.5 Å². The quantitative estimate of drug-likeness (QED) is 0.776. The Morgan fingerprint density at radius 1 is 1.05 bits per heavy atom. The molecule has 1 N–H and O–H groups in total. The molecule has 0 aromatic rings. The maximum Gasteiger partial charge on any atom is 0.241 e. The highest BCUT2D eigenvalue weighted by Crippen LogP contribution is 2.28. The normalized spacial score (nSPS) is 25.0. The predicted molar refractivity (Wildman–Crippen MR) is 89.9 cm³/mol. The minimum Gasteiger partial charge on any atom is -0.325 e. The predicted octanol–water partition coefficient (Wildman–Crippen LogP) is 3.74. The second-order valence-electron chi connectivity index (χ2n) is 7.86. The minimum absolute atomic E-state index is 0.00220. The molecule has 1 saturated heterocycles. The van der Waals surface area contributed by atoms with E-state index in [1.54, 1.807) is 0 Å². The van der Waals surface area contributed by atoms with Crippen molar-refractivity contribution in [2.45, 2.75) is 74.0 Å². The molecule has 0 radical (unpaired) electrons. The Bertz CT molecular complexity index is 330. The monoisotopic (exact) mass is 296 g/mol. The topological polar surface area (TPSA) is 32.3 Å². The summed E-state index contributed by atoms with van der Waals surface area (Å²) in [5.74, 6) is 2.94. The summed E-state index contributed by atoms with van der Waals surface area (Å²) < 4.78 is 0. The van der Waals surface area contributed by atoms with Crippen LogP contribution in [-0.4, -0.2) is 29.6 Å². The largest absolute Gasteiger partial charge is 0.325 e. The standard InChI is InChI=1S/C18H36N2O/c1-9-14(8)16-18(21)20(17(19-16)13(6)7)10-15(11(2)3)12(4)5/h11-17,19H,9-10H2,1-8H3. The zero-order valence-electron chi connectivity index (χ0n) is 15.3. The molecule has 1 aliphatic rings. The Morgan fingerprint density at radius 2 is 1.57 bits per heavy atom. The average molecular weight is 296 g/mol. The fourth-order valence-corrected chi connectivity index (χ4v) is 3.48. The van der Waals surface area contributed by atoms with E-state index in [-0.39, 0.29) is 12.2 Å². The van der Waals surface area contributed by atoms with Gasteiger partial charge in [-0.05, 0) is 29.6 Å². The SMILES string of the molecule is CCC(C)C1NC(C(C)C)N(CC(C(C)C)C(C)C)C1=O. The number of amides is 1. The third-order valence-corrected chi connectivity index (χ3v) is 5.20. The number of nitrogens with one attached hydrogen (secondary N) is 1. The molecule has 3 heteroatoms. The van der Waals surface area contributed by atoms with Gasteiger partial charge in [-0.1, -0.05) is 61.8 Å². The molecule has 1 aliphatic heterocycles. The van der Waals surface area contributed by atoms with Gasteiger partial charge in [-0.15, -0.1) is 0 Å². The molecule has 0 aromatic carbocycles. The Morgan fingerprint density at radius 3 is 1.95 bits per heavy atom. The van der Waals surface area contributed by atoms with Crippen molar-refractivity contribution in [2.75, 3.05) is 6.54 Å². The zero-order chi connectivity index (χ0) is 16.3. The van der Waals surface area contributed by atoms with Crippen LogP contribution in [0.25, 0.3) is 0 Å². The van der Waals surface area contributed by atoms with Gasteiger partial charge in [0.2, 0.25) is 5.91 Å². The first-order valence-electron chi connectivity index (χ1n) is 8.77. The average Bonchev–Trinajstić information content (AvgIpc) is 2.71. The van der Waals surface area contributed by atoms with Crippen LogP contribution < -0.4 is 5.32 Å². The van der Waals surface area contributed by atoms with Gasteiger partial charge in [-0.3, -0.25) is 10.1 Å². The molecule has 0 bridgehead atoms. The second kappa shape index (κ2) is 7.62. The lowest BCUT2D eigenvalue weighted by Gasteiger charge is -2.34. The van der Waals surface area contributed by atoms with Crippen molar-refractivity contribution in [3.05, 3.63) is 0 Å². The summed E-state index contributed by atoms with van der Waals surface area (Å²) in [6.45, 7) is 18.7. The number of carbonyl (C=O) groups excluding carboxylic acids is 1. The summed E-state index contributed by atoms with van der Waals surface area (Å²) in [6.07, 6.45) is 1.23. The summed E-state index contributed by atoms with van der Waals surface area (Å²) in [5, 5.41) is 3.60. The van der Waals surface area contributed by atoms with Crippen LogP contribution in [-0.2, 0) is 4.79 Å². The molecule has 1 amide bonds. The number of nitrogens with zero attached hydrogens (tertiary/aromatic N) is 1. The van der Waals surface area contributed by atoms with Crippen molar-refractivity contribution >= 4 is 5.91 Å². The van der Waals surface area contributed by atoms with Gasteiger partial charge in [0.15, 0.2) is 0 Å². The van der Waals surface area contributed by atoms with Crippen molar-refractivity contribution in [1.29, 1.82) is 0 Å². The minimum atomic E-state index is 0.00220. The highest BCUT2D eigenvalue weighted by atomic mass is 16.2. The van der Waals surface area contributed by atoms with E-state index < -0.39 is 0 Å². The van der Waals surface area contributed by atoms with Gasteiger partial charge in [0.25, 0.3) is 0 Å². The van der Waals surface area contributed by atoms with Gasteiger partial charge in [0.1, 0.15) is 0 Å². The van der Waals surface area contributed by atoms with Crippen molar-refractivity contribution in [2.24, 2.45) is 29.6 Å². The molecule has 21 heavy (non-hydrogen) atoms. The molecule has 3 atom stereocenters. The summed E-state index contributed by atoms with van der Waals surface area (Å²) in [5.41, 5.74) is 0. The Labute approximate surface area is 131 Å². The second-order valence-corrected chi connectivity index (χ2v) is 7.86. The molecule has 3 unspecified atom stereocenters. The summed E-state index contributed by atoms with van der Waals surface area (Å²) in [4.78, 5) is 15.0. The van der Waals surface area contributed by atoms with Crippen LogP contribution in [0.15, 0.2) is 0 Å². The first-order chi connectivity index (χ1) is 9.70. The van der Waals surface area contributed by atoms with E-state index in [1.165, 1.54) is 0 Å². The van der Waals surface area contributed by atoms with E-state index in [2.05, 4.69) is 65.6 Å². The molecule has 0 saturated carbocycles. The third-order valence-electron chi connectivity index (χ3n) is 5.20. The van der Waals surface area contributed by atoms with Gasteiger partial charge in [-0.2, -0.15) is 0 Å². The van der Waals surface area contributed by atoms with Gasteiger partial charge >= 0.3 is 0 Å². The molecular weight excluding hydrogens is 260 g/mol. The van der Waals surface area contributed by atoms with E-state index in [4.69, 9.17) is 0 Å². The Hall–Kier alpha value is -0.570. The van der Waals surface area contributed by atoms with E-state index in [9.17, 15) is 4.79 Å². The highest BCUT2D eigenvalue weighted by Gasteiger charge is 2.43. The van der Waals surface area contributed by atoms with Crippen molar-refractivity contribution in [3.63, 3.8) is 0 Å². The van der Waals surface area contributed by atoms with Crippen LogP contribution in [0.4, 0.5) is 0 Å². The van der Waals surface area contributed by atoms with Gasteiger partial charge in [-0.25, -0.2) is 0 Å². The summed E-state index contributed by atoms with van der Waals surface area (Å²) >= 11 is 0. The highest BCUT2D eigenvalue weighted by molar-refractivity contribution is 5.84. The zero-order valence-corrected chi connectivity index (χ0v) is 15.3. The van der Waals surface area contributed by atoms with Crippen LogP contribution in [0.1, 0.15) is 61.8 Å². The Kier molecular flexibility index (Phi) is 6.71. The maximum absolute atomic E-state index is 12.9. The lowest BCUT2D eigenvalue weighted by molar-refractivity contribution is -0.132. The molecular formula is C18H36N2O. The van der Waals surface area contributed by atoms with E-state index in [1.807, 2.05) is 0 Å². The molecule has 0 aliphatic carbocycles. The van der Waals surface area contributed by atoms with Crippen LogP contribution >= 0.6 is 0 Å². The van der Waals surface area contributed by atoms with Crippen LogP contribution in [0.2, 0.25) is 0 Å². The molecule has 124 valence electrons. The summed E-state index contributed by atoms with van der Waals surface area (Å²) in [6, 6.07) is 0.00220.